The summed E-state index contributed by atoms with van der Waals surface area (Å²) in [5.41, 5.74) is 4.38. The highest BCUT2D eigenvalue weighted by Crippen LogP contribution is 2.29. The van der Waals surface area contributed by atoms with Crippen molar-refractivity contribution >= 4 is 44.6 Å². The third-order valence-electron chi connectivity index (χ3n) is 4.50. The van der Waals surface area contributed by atoms with Crippen molar-refractivity contribution in [2.24, 2.45) is 0 Å². The molecular formula is C22H17NO3S2. The van der Waals surface area contributed by atoms with Crippen molar-refractivity contribution in [1.29, 1.82) is 0 Å². The summed E-state index contributed by atoms with van der Waals surface area (Å²) in [6.07, 6.45) is 1.22. The summed E-state index contributed by atoms with van der Waals surface area (Å²) in [7, 11) is 0. The van der Waals surface area contributed by atoms with Gasteiger partial charge in [-0.1, -0.05) is 18.2 Å². The molecule has 2 aromatic heterocycles. The first kappa shape index (κ1) is 18.5. The Balaban J connectivity index is 1.42. The highest BCUT2D eigenvalue weighted by atomic mass is 32.1. The van der Waals surface area contributed by atoms with E-state index in [-0.39, 0.29) is 11.3 Å². The van der Waals surface area contributed by atoms with Crippen molar-refractivity contribution in [2.75, 3.05) is 0 Å². The minimum atomic E-state index is -0.954. The molecule has 0 fully saturated rings. The van der Waals surface area contributed by atoms with Gasteiger partial charge < -0.3 is 5.11 Å². The molecule has 0 aliphatic carbocycles. The predicted molar refractivity (Wildman–Crippen MR) is 113 cm³/mol. The van der Waals surface area contributed by atoms with E-state index in [1.54, 1.807) is 40.9 Å². The maximum atomic E-state index is 12.4. The second-order valence-corrected chi connectivity index (χ2v) is 8.42. The van der Waals surface area contributed by atoms with Gasteiger partial charge in [-0.05, 0) is 64.2 Å². The minimum absolute atomic E-state index is 0.109. The van der Waals surface area contributed by atoms with Gasteiger partial charge in [0.25, 0.3) is 0 Å². The number of hydrogen-bond donors (Lipinski definition) is 1. The number of thiazole rings is 1. The zero-order chi connectivity index (χ0) is 19.5. The molecule has 4 nitrogen and oxygen atoms in total. The fourth-order valence-electron chi connectivity index (χ4n) is 3.06. The van der Waals surface area contributed by atoms with Crippen LogP contribution in [0.3, 0.4) is 0 Å². The van der Waals surface area contributed by atoms with Crippen molar-refractivity contribution < 1.29 is 14.7 Å². The largest absolute Gasteiger partial charge is 0.478 e. The average Bonchev–Trinajstić information content (AvgIpc) is 3.35. The van der Waals surface area contributed by atoms with Crippen LogP contribution in [0.4, 0.5) is 0 Å². The number of fused-ring (bicyclic) bond motifs is 1. The molecule has 0 saturated carbocycles. The second kappa shape index (κ2) is 8.04. The number of Topliss-reactive ketones (excluding diaryl/α,β-unsaturated/α-hetero) is 1. The third kappa shape index (κ3) is 4.18. The number of rotatable bonds is 7. The van der Waals surface area contributed by atoms with E-state index in [0.717, 1.165) is 26.4 Å². The molecule has 0 aliphatic heterocycles. The molecule has 4 rings (SSSR count). The van der Waals surface area contributed by atoms with Gasteiger partial charge in [0, 0.05) is 6.42 Å². The summed E-state index contributed by atoms with van der Waals surface area (Å²) >= 11 is 3.23. The molecule has 0 saturated heterocycles. The number of aryl methyl sites for hydroxylation is 1. The number of carboxylic acid groups (broad SMARTS) is 1. The number of carbonyl (C=O) groups is 2. The standard InChI is InChI=1S/C22H17NO3S2/c24-18(6-4-14-2-1-3-16(10-14)22(25)26)12-21-23-19-7-5-15(11-20(19)28-21)17-8-9-27-13-17/h1-3,5,7-11,13H,4,6,12H2,(H,25,26). The van der Waals surface area contributed by atoms with E-state index in [0.29, 0.717) is 19.3 Å². The van der Waals surface area contributed by atoms with E-state index in [2.05, 4.69) is 33.9 Å². The van der Waals surface area contributed by atoms with Gasteiger partial charge in [-0.3, -0.25) is 4.79 Å². The number of carbonyl (C=O) groups excluding carboxylic acids is 1. The molecule has 0 aliphatic rings. The van der Waals surface area contributed by atoms with E-state index < -0.39 is 5.97 Å². The Morgan fingerprint density at radius 2 is 1.93 bits per heavy atom. The van der Waals surface area contributed by atoms with Crippen molar-refractivity contribution in [2.45, 2.75) is 19.3 Å². The first-order valence-electron chi connectivity index (χ1n) is 8.84. The lowest BCUT2D eigenvalue weighted by molar-refractivity contribution is -0.118. The Hall–Kier alpha value is -2.83. The maximum absolute atomic E-state index is 12.4. The number of aromatic nitrogens is 1. The Morgan fingerprint density at radius 3 is 2.71 bits per heavy atom. The number of ketones is 1. The van der Waals surface area contributed by atoms with Gasteiger partial charge in [-0.15, -0.1) is 11.3 Å². The van der Waals surface area contributed by atoms with Crippen molar-refractivity contribution in [1.82, 2.24) is 4.98 Å². The van der Waals surface area contributed by atoms with E-state index in [1.165, 1.54) is 5.56 Å². The quantitative estimate of drug-likeness (QED) is 0.441. The lowest BCUT2D eigenvalue weighted by Gasteiger charge is -2.02. The monoisotopic (exact) mass is 407 g/mol. The smallest absolute Gasteiger partial charge is 0.335 e. The zero-order valence-corrected chi connectivity index (χ0v) is 16.6. The maximum Gasteiger partial charge on any atom is 0.335 e. The van der Waals surface area contributed by atoms with Crippen LogP contribution in [-0.2, 0) is 17.6 Å². The molecule has 0 radical (unpaired) electrons. The molecule has 28 heavy (non-hydrogen) atoms. The zero-order valence-electron chi connectivity index (χ0n) is 14.9. The fourth-order valence-corrected chi connectivity index (χ4v) is 4.76. The Bertz CT molecular complexity index is 1150. The number of hydrogen-bond acceptors (Lipinski definition) is 5. The van der Waals surface area contributed by atoms with Gasteiger partial charge in [-0.2, -0.15) is 11.3 Å². The van der Waals surface area contributed by atoms with Crippen molar-refractivity contribution in [3.05, 3.63) is 75.4 Å². The predicted octanol–water partition coefficient (Wildman–Crippen LogP) is 5.47. The molecule has 1 N–H and O–H groups in total. The molecule has 140 valence electrons. The number of thiophene rings is 1. The fraction of sp³-hybridized carbons (Fsp3) is 0.136. The lowest BCUT2D eigenvalue weighted by Crippen LogP contribution is -2.05. The van der Waals surface area contributed by atoms with Crippen LogP contribution in [0.2, 0.25) is 0 Å². The number of carboxylic acids is 1. The molecule has 2 aromatic carbocycles. The van der Waals surface area contributed by atoms with Gasteiger partial charge in [-0.25, -0.2) is 9.78 Å². The van der Waals surface area contributed by atoms with Gasteiger partial charge >= 0.3 is 5.97 Å². The summed E-state index contributed by atoms with van der Waals surface area (Å²) in [5.74, 6) is -0.845. The topological polar surface area (TPSA) is 67.3 Å². The van der Waals surface area contributed by atoms with E-state index in [9.17, 15) is 9.59 Å². The van der Waals surface area contributed by atoms with Gasteiger partial charge in [0.1, 0.15) is 10.8 Å². The molecule has 0 amide bonds. The summed E-state index contributed by atoms with van der Waals surface area (Å²) < 4.78 is 1.08. The van der Waals surface area contributed by atoms with Gasteiger partial charge in [0.15, 0.2) is 0 Å². The normalized spacial score (nSPS) is 11.0. The SMILES string of the molecule is O=C(CCc1cccc(C(=O)O)c1)Cc1nc2ccc(-c3ccsc3)cc2s1. The van der Waals surface area contributed by atoms with Crippen LogP contribution in [-0.4, -0.2) is 21.8 Å². The number of benzene rings is 2. The van der Waals surface area contributed by atoms with Gasteiger partial charge in [0.05, 0.1) is 22.2 Å². The first-order chi connectivity index (χ1) is 13.6. The van der Waals surface area contributed by atoms with Crippen LogP contribution < -0.4 is 0 Å². The average molecular weight is 408 g/mol. The molecule has 2 heterocycles. The van der Waals surface area contributed by atoms with E-state index >= 15 is 0 Å². The first-order valence-corrected chi connectivity index (χ1v) is 10.6. The summed E-state index contributed by atoms with van der Waals surface area (Å²) in [6.45, 7) is 0. The Labute approximate surface area is 170 Å². The minimum Gasteiger partial charge on any atom is -0.478 e. The van der Waals surface area contributed by atoms with Crippen molar-refractivity contribution in [3.63, 3.8) is 0 Å². The molecule has 0 bridgehead atoms. The molecule has 0 atom stereocenters. The van der Waals surface area contributed by atoms with Crippen LogP contribution in [0.15, 0.2) is 59.3 Å². The molecular weight excluding hydrogens is 390 g/mol. The Kier molecular flexibility index (Phi) is 5.32. The van der Waals surface area contributed by atoms with Crippen LogP contribution >= 0.6 is 22.7 Å². The van der Waals surface area contributed by atoms with E-state index in [1.807, 2.05) is 12.1 Å². The summed E-state index contributed by atoms with van der Waals surface area (Å²) in [5, 5.41) is 14.1. The van der Waals surface area contributed by atoms with E-state index in [4.69, 9.17) is 5.11 Å². The third-order valence-corrected chi connectivity index (χ3v) is 6.20. The Morgan fingerprint density at radius 1 is 1.04 bits per heavy atom. The lowest BCUT2D eigenvalue weighted by atomic mass is 10.0. The second-order valence-electron chi connectivity index (χ2n) is 6.52. The molecule has 0 unspecified atom stereocenters. The number of aromatic carboxylic acids is 1. The number of nitrogens with zero attached hydrogens (tertiary/aromatic N) is 1. The highest BCUT2D eigenvalue weighted by Gasteiger charge is 2.11. The molecule has 6 heteroatoms. The molecule has 4 aromatic rings. The van der Waals surface area contributed by atoms with Crippen molar-refractivity contribution in [3.8, 4) is 11.1 Å². The molecule has 0 spiro atoms. The highest BCUT2D eigenvalue weighted by molar-refractivity contribution is 7.18. The summed E-state index contributed by atoms with van der Waals surface area (Å²) in [4.78, 5) is 28.0. The van der Waals surface area contributed by atoms with Crippen LogP contribution in [0.25, 0.3) is 21.3 Å². The van der Waals surface area contributed by atoms with Gasteiger partial charge in [0.2, 0.25) is 0 Å². The van der Waals surface area contributed by atoms with Crippen LogP contribution in [0, 0.1) is 0 Å². The summed E-state index contributed by atoms with van der Waals surface area (Å²) in [6, 6.07) is 15.0. The van der Waals surface area contributed by atoms with Crippen LogP contribution in [0.1, 0.15) is 27.3 Å². The van der Waals surface area contributed by atoms with Crippen LogP contribution in [0.5, 0.6) is 0 Å².